The predicted octanol–water partition coefficient (Wildman–Crippen LogP) is 5.45. The van der Waals surface area contributed by atoms with Gasteiger partial charge in [-0.3, -0.25) is 9.59 Å². The van der Waals surface area contributed by atoms with E-state index in [4.69, 9.17) is 4.98 Å². The van der Waals surface area contributed by atoms with Crippen LogP contribution >= 0.6 is 27.3 Å². The Hall–Kier alpha value is -2.25. The van der Waals surface area contributed by atoms with Crippen LogP contribution in [0.2, 0.25) is 0 Å². The van der Waals surface area contributed by atoms with Crippen molar-refractivity contribution in [3.8, 4) is 0 Å². The molecule has 3 aromatic rings. The summed E-state index contributed by atoms with van der Waals surface area (Å²) in [5.74, 6) is -0.128. The van der Waals surface area contributed by atoms with Crippen molar-refractivity contribution in [1.82, 2.24) is 9.88 Å². The molecule has 0 saturated carbocycles. The maximum atomic E-state index is 12.8. The highest BCUT2D eigenvalue weighted by Gasteiger charge is 2.32. The largest absolute Gasteiger partial charge is 0.333 e. The normalized spacial score (nSPS) is 16.3. The fraction of sp³-hybridized carbons (Fsp3) is 0.318. The Bertz CT molecular complexity index is 1030. The predicted molar refractivity (Wildman–Crippen MR) is 120 cm³/mol. The summed E-state index contributed by atoms with van der Waals surface area (Å²) in [4.78, 5) is 31.7. The van der Waals surface area contributed by atoms with Crippen LogP contribution in [-0.2, 0) is 9.59 Å². The molecule has 2 aromatic carbocycles. The number of hydrogen-bond acceptors (Lipinski definition) is 4. The Labute approximate surface area is 182 Å². The maximum Gasteiger partial charge on any atom is 0.224 e. The second-order valence-corrected chi connectivity index (χ2v) is 9.19. The molecule has 1 N–H and O–H groups in total. The molecule has 1 fully saturated rings. The van der Waals surface area contributed by atoms with Gasteiger partial charge in [-0.2, -0.15) is 0 Å². The van der Waals surface area contributed by atoms with Crippen molar-refractivity contribution in [1.29, 1.82) is 0 Å². The van der Waals surface area contributed by atoms with Crippen LogP contribution in [0, 0.1) is 6.92 Å². The van der Waals surface area contributed by atoms with Crippen molar-refractivity contribution in [2.45, 2.75) is 38.6 Å². The molecule has 0 bridgehead atoms. The van der Waals surface area contributed by atoms with Crippen LogP contribution in [0.3, 0.4) is 0 Å². The van der Waals surface area contributed by atoms with E-state index in [1.165, 1.54) is 0 Å². The van der Waals surface area contributed by atoms with Gasteiger partial charge in [-0.1, -0.05) is 34.1 Å². The number of para-hydroxylation sites is 1. The number of aryl methyl sites for hydroxylation is 1. The van der Waals surface area contributed by atoms with Gasteiger partial charge in [-0.15, -0.1) is 11.3 Å². The Morgan fingerprint density at radius 2 is 2.07 bits per heavy atom. The van der Waals surface area contributed by atoms with E-state index in [9.17, 15) is 9.59 Å². The van der Waals surface area contributed by atoms with E-state index in [0.29, 0.717) is 0 Å². The van der Waals surface area contributed by atoms with Crippen LogP contribution in [0.4, 0.5) is 5.69 Å². The van der Waals surface area contributed by atoms with Crippen LogP contribution in [0.25, 0.3) is 10.2 Å². The minimum absolute atomic E-state index is 0.0204. The SMILES string of the molecule is Cc1ccc(NC(=O)CCC(=O)N2CCCC2c2nc3ccccc3s2)cc1Br. The van der Waals surface area contributed by atoms with Crippen molar-refractivity contribution in [3.05, 3.63) is 57.5 Å². The lowest BCUT2D eigenvalue weighted by Crippen LogP contribution is -2.31. The first-order valence-corrected chi connectivity index (χ1v) is 11.3. The number of rotatable bonds is 5. The second kappa shape index (κ2) is 8.63. The molecule has 2 heterocycles. The number of fused-ring (bicyclic) bond motifs is 1. The quantitative estimate of drug-likeness (QED) is 0.537. The highest BCUT2D eigenvalue weighted by molar-refractivity contribution is 9.10. The minimum atomic E-state index is -0.148. The molecule has 0 aliphatic carbocycles. The summed E-state index contributed by atoms with van der Waals surface area (Å²) in [6.07, 6.45) is 2.28. The van der Waals surface area contributed by atoms with Crippen LogP contribution < -0.4 is 5.32 Å². The van der Waals surface area contributed by atoms with E-state index >= 15 is 0 Å². The number of anilines is 1. The van der Waals surface area contributed by atoms with Crippen LogP contribution in [0.15, 0.2) is 46.9 Å². The number of thiazole rings is 1. The topological polar surface area (TPSA) is 62.3 Å². The summed E-state index contributed by atoms with van der Waals surface area (Å²) in [5.41, 5.74) is 2.82. The van der Waals surface area contributed by atoms with Crippen molar-refractivity contribution >= 4 is 55.0 Å². The van der Waals surface area contributed by atoms with Crippen molar-refractivity contribution in [2.75, 3.05) is 11.9 Å². The smallest absolute Gasteiger partial charge is 0.224 e. The molecule has 1 aliphatic heterocycles. The van der Waals surface area contributed by atoms with E-state index < -0.39 is 0 Å². The first-order valence-electron chi connectivity index (χ1n) is 9.72. The molecule has 1 saturated heterocycles. The number of likely N-dealkylation sites (tertiary alicyclic amines) is 1. The zero-order chi connectivity index (χ0) is 20.4. The Morgan fingerprint density at radius 3 is 2.86 bits per heavy atom. The second-order valence-electron chi connectivity index (χ2n) is 7.28. The maximum absolute atomic E-state index is 12.8. The highest BCUT2D eigenvalue weighted by Crippen LogP contribution is 2.36. The first kappa shape index (κ1) is 20.0. The number of nitrogens with one attached hydrogen (secondary N) is 1. The zero-order valence-electron chi connectivity index (χ0n) is 16.2. The average molecular weight is 472 g/mol. The molecule has 7 heteroatoms. The third kappa shape index (κ3) is 4.51. The van der Waals surface area contributed by atoms with Gasteiger partial charge < -0.3 is 10.2 Å². The van der Waals surface area contributed by atoms with E-state index in [0.717, 1.165) is 50.3 Å². The molecule has 1 atom stereocenters. The van der Waals surface area contributed by atoms with Gasteiger partial charge in [0.2, 0.25) is 11.8 Å². The fourth-order valence-electron chi connectivity index (χ4n) is 3.61. The number of halogens is 1. The minimum Gasteiger partial charge on any atom is -0.333 e. The van der Waals surface area contributed by atoms with E-state index in [1.54, 1.807) is 11.3 Å². The fourth-order valence-corrected chi connectivity index (χ4v) is 5.11. The molecule has 0 radical (unpaired) electrons. The Kier molecular flexibility index (Phi) is 5.96. The van der Waals surface area contributed by atoms with Gasteiger partial charge >= 0.3 is 0 Å². The van der Waals surface area contributed by atoms with E-state index in [2.05, 4.69) is 27.3 Å². The zero-order valence-corrected chi connectivity index (χ0v) is 18.6. The molecular weight excluding hydrogens is 450 g/mol. The summed E-state index contributed by atoms with van der Waals surface area (Å²) in [5, 5.41) is 3.86. The number of hydrogen-bond donors (Lipinski definition) is 1. The molecule has 0 spiro atoms. The van der Waals surface area contributed by atoms with Crippen molar-refractivity contribution in [3.63, 3.8) is 0 Å². The lowest BCUT2D eigenvalue weighted by atomic mass is 10.2. The monoisotopic (exact) mass is 471 g/mol. The third-order valence-electron chi connectivity index (χ3n) is 5.19. The summed E-state index contributed by atoms with van der Waals surface area (Å²) in [7, 11) is 0. The molecule has 1 unspecified atom stereocenters. The van der Waals surface area contributed by atoms with Gasteiger partial charge in [0, 0.05) is 29.5 Å². The van der Waals surface area contributed by atoms with Crippen LogP contribution in [0.1, 0.15) is 42.3 Å². The molecule has 4 rings (SSSR count). The molecule has 5 nitrogen and oxygen atoms in total. The molecule has 1 aromatic heterocycles. The van der Waals surface area contributed by atoms with Gasteiger partial charge in [0.15, 0.2) is 0 Å². The average Bonchev–Trinajstić information content (AvgIpc) is 3.35. The number of aromatic nitrogens is 1. The van der Waals surface area contributed by atoms with Crippen LogP contribution in [-0.4, -0.2) is 28.2 Å². The van der Waals surface area contributed by atoms with Gasteiger partial charge in [0.25, 0.3) is 0 Å². The Balaban J connectivity index is 1.37. The number of carbonyl (C=O) groups is 2. The van der Waals surface area contributed by atoms with E-state index in [-0.39, 0.29) is 30.7 Å². The van der Waals surface area contributed by atoms with Crippen molar-refractivity contribution < 1.29 is 9.59 Å². The first-order chi connectivity index (χ1) is 14.0. The van der Waals surface area contributed by atoms with E-state index in [1.807, 2.05) is 48.2 Å². The van der Waals surface area contributed by atoms with Gasteiger partial charge in [-0.05, 0) is 49.6 Å². The lowest BCUT2D eigenvalue weighted by molar-refractivity contribution is -0.133. The molecule has 1 aliphatic rings. The van der Waals surface area contributed by atoms with Gasteiger partial charge in [-0.25, -0.2) is 4.98 Å². The van der Waals surface area contributed by atoms with Crippen LogP contribution in [0.5, 0.6) is 0 Å². The summed E-state index contributed by atoms with van der Waals surface area (Å²) < 4.78 is 2.09. The Morgan fingerprint density at radius 1 is 1.24 bits per heavy atom. The number of amides is 2. The summed E-state index contributed by atoms with van der Waals surface area (Å²) >= 11 is 5.12. The van der Waals surface area contributed by atoms with Crippen molar-refractivity contribution in [2.24, 2.45) is 0 Å². The highest BCUT2D eigenvalue weighted by atomic mass is 79.9. The molecule has 150 valence electrons. The van der Waals surface area contributed by atoms with Gasteiger partial charge in [0.05, 0.1) is 16.3 Å². The number of carbonyl (C=O) groups excluding carboxylic acids is 2. The molecule has 29 heavy (non-hydrogen) atoms. The number of benzene rings is 2. The number of nitrogens with zero attached hydrogens (tertiary/aromatic N) is 2. The van der Waals surface area contributed by atoms with Gasteiger partial charge in [0.1, 0.15) is 5.01 Å². The third-order valence-corrected chi connectivity index (χ3v) is 7.18. The molecular formula is C22H22BrN3O2S. The molecule has 2 amide bonds. The summed E-state index contributed by atoms with van der Waals surface area (Å²) in [6.45, 7) is 2.72. The summed E-state index contributed by atoms with van der Waals surface area (Å²) in [6, 6.07) is 13.8. The lowest BCUT2D eigenvalue weighted by Gasteiger charge is -2.23. The standard InChI is InChI=1S/C22H22BrN3O2S/c1-14-8-9-15(13-16(14)23)24-20(27)10-11-21(28)26-12-4-6-18(26)22-25-17-5-2-3-7-19(17)29-22/h2-3,5,7-9,13,18H,4,6,10-12H2,1H3,(H,24,27).